The highest BCUT2D eigenvalue weighted by Gasteiger charge is 2.23. The third kappa shape index (κ3) is 3.76. The molecule has 0 unspecified atom stereocenters. The Morgan fingerprint density at radius 3 is 2.55 bits per heavy atom. The quantitative estimate of drug-likeness (QED) is 0.681. The molecule has 0 saturated heterocycles. The van der Waals surface area contributed by atoms with E-state index >= 15 is 0 Å². The summed E-state index contributed by atoms with van der Waals surface area (Å²) in [6, 6.07) is 12.8. The monoisotopic (exact) mass is 389 g/mol. The van der Waals surface area contributed by atoms with E-state index in [0.29, 0.717) is 25.9 Å². The predicted octanol–water partition coefficient (Wildman–Crippen LogP) is 3.70. The molecule has 0 spiro atoms. The Morgan fingerprint density at radius 2 is 1.69 bits per heavy atom. The second kappa shape index (κ2) is 7.72. The maximum absolute atomic E-state index is 6.09. The lowest BCUT2D eigenvalue weighted by Crippen LogP contribution is -2.34. The largest absolute Gasteiger partial charge is 0.492 e. The van der Waals surface area contributed by atoms with Gasteiger partial charge in [0.2, 0.25) is 0 Å². The van der Waals surface area contributed by atoms with E-state index in [4.69, 9.17) is 14.2 Å². The van der Waals surface area contributed by atoms with Crippen molar-refractivity contribution in [2.24, 2.45) is 0 Å². The lowest BCUT2D eigenvalue weighted by Gasteiger charge is -2.27. The van der Waals surface area contributed by atoms with Gasteiger partial charge in [-0.25, -0.2) is 9.97 Å². The van der Waals surface area contributed by atoms with Crippen LogP contribution in [0, 0.1) is 0 Å². The molecule has 0 N–H and O–H groups in total. The molecule has 0 saturated carbocycles. The van der Waals surface area contributed by atoms with Crippen molar-refractivity contribution in [2.75, 3.05) is 19.8 Å². The van der Waals surface area contributed by atoms with Gasteiger partial charge < -0.3 is 14.2 Å². The highest BCUT2D eigenvalue weighted by molar-refractivity contribution is 5.64. The van der Waals surface area contributed by atoms with Crippen LogP contribution in [0.4, 0.5) is 0 Å². The van der Waals surface area contributed by atoms with Crippen LogP contribution in [0.1, 0.15) is 18.1 Å². The topological polar surface area (TPSA) is 56.7 Å². The number of rotatable bonds is 3. The highest BCUT2D eigenvalue weighted by Crippen LogP contribution is 2.33. The molecule has 3 aromatic rings. The fourth-order valence-corrected chi connectivity index (χ4v) is 3.79. The molecule has 2 aliphatic rings. The van der Waals surface area contributed by atoms with Gasteiger partial charge in [-0.3, -0.25) is 4.90 Å². The van der Waals surface area contributed by atoms with Crippen LogP contribution in [0.25, 0.3) is 11.1 Å². The molecule has 2 aliphatic heterocycles. The first-order chi connectivity index (χ1) is 14.3. The lowest BCUT2D eigenvalue weighted by molar-refractivity contribution is 0.150. The van der Waals surface area contributed by atoms with Gasteiger partial charge in [-0.2, -0.15) is 0 Å². The zero-order valence-corrected chi connectivity index (χ0v) is 16.4. The van der Waals surface area contributed by atoms with E-state index in [1.54, 1.807) is 6.33 Å². The first-order valence-electron chi connectivity index (χ1n) is 9.90. The molecule has 6 nitrogen and oxygen atoms in total. The molecular formula is C23H23N3O3. The third-order valence-corrected chi connectivity index (χ3v) is 5.42. The van der Waals surface area contributed by atoms with E-state index in [-0.39, 0.29) is 0 Å². The molecule has 0 bridgehead atoms. The van der Waals surface area contributed by atoms with Gasteiger partial charge in [0.05, 0.1) is 0 Å². The Bertz CT molecular complexity index is 1010. The summed E-state index contributed by atoms with van der Waals surface area (Å²) < 4.78 is 17.5. The molecular weight excluding hydrogens is 366 g/mol. The summed E-state index contributed by atoms with van der Waals surface area (Å²) in [5.41, 5.74) is 4.48. The summed E-state index contributed by atoms with van der Waals surface area (Å²) in [6.07, 6.45) is 5.22. The number of benzene rings is 2. The van der Waals surface area contributed by atoms with Crippen molar-refractivity contribution < 1.29 is 14.2 Å². The highest BCUT2D eigenvalue weighted by atomic mass is 16.6. The minimum atomic E-state index is 0.291. The van der Waals surface area contributed by atoms with Crippen LogP contribution in [0.3, 0.4) is 0 Å². The molecule has 0 aliphatic carbocycles. The van der Waals surface area contributed by atoms with Gasteiger partial charge in [0.25, 0.3) is 0 Å². The van der Waals surface area contributed by atoms with Gasteiger partial charge >= 0.3 is 0 Å². The SMILES string of the molecule is C[C@@H]1COc2ccc(-c3cncnc3)cc2CN1Cc1ccc2c(c1)OCCO2. The summed E-state index contributed by atoms with van der Waals surface area (Å²) >= 11 is 0. The van der Waals surface area contributed by atoms with E-state index in [0.717, 1.165) is 41.5 Å². The molecule has 3 heterocycles. The van der Waals surface area contributed by atoms with Crippen molar-refractivity contribution in [3.05, 3.63) is 66.2 Å². The molecule has 5 rings (SSSR count). The molecule has 1 atom stereocenters. The normalized spacial score (nSPS) is 18.4. The van der Waals surface area contributed by atoms with E-state index in [9.17, 15) is 0 Å². The maximum atomic E-state index is 6.09. The van der Waals surface area contributed by atoms with E-state index in [2.05, 4.69) is 52.1 Å². The van der Waals surface area contributed by atoms with E-state index in [1.807, 2.05) is 18.5 Å². The Balaban J connectivity index is 1.40. The number of fused-ring (bicyclic) bond motifs is 2. The number of hydrogen-bond donors (Lipinski definition) is 0. The van der Waals surface area contributed by atoms with E-state index in [1.165, 1.54) is 11.1 Å². The molecule has 6 heteroatoms. The number of ether oxygens (including phenoxy) is 3. The summed E-state index contributed by atoms with van der Waals surface area (Å²) in [5.74, 6) is 2.61. The molecule has 0 amide bonds. The van der Waals surface area contributed by atoms with Crippen molar-refractivity contribution in [1.29, 1.82) is 0 Å². The second-order valence-corrected chi connectivity index (χ2v) is 7.49. The predicted molar refractivity (Wildman–Crippen MR) is 109 cm³/mol. The Labute approximate surface area is 170 Å². The minimum absolute atomic E-state index is 0.291. The lowest BCUT2D eigenvalue weighted by atomic mass is 10.0. The molecule has 0 radical (unpaired) electrons. The summed E-state index contributed by atoms with van der Waals surface area (Å²) in [5, 5.41) is 0. The molecule has 1 aromatic heterocycles. The summed E-state index contributed by atoms with van der Waals surface area (Å²) in [4.78, 5) is 10.7. The van der Waals surface area contributed by atoms with Crippen molar-refractivity contribution >= 4 is 0 Å². The number of nitrogens with zero attached hydrogens (tertiary/aromatic N) is 3. The Hall–Kier alpha value is -3.12. The van der Waals surface area contributed by atoms with E-state index < -0.39 is 0 Å². The van der Waals surface area contributed by atoms with Crippen molar-refractivity contribution in [2.45, 2.75) is 26.1 Å². The van der Waals surface area contributed by atoms with Crippen LogP contribution in [0.15, 0.2) is 55.1 Å². The number of hydrogen-bond acceptors (Lipinski definition) is 6. The summed E-state index contributed by atoms with van der Waals surface area (Å²) in [7, 11) is 0. The van der Waals surface area contributed by atoms with Crippen LogP contribution >= 0.6 is 0 Å². The smallest absolute Gasteiger partial charge is 0.161 e. The Kier molecular flexibility index (Phi) is 4.77. The first kappa shape index (κ1) is 17.9. The van der Waals surface area contributed by atoms with Gasteiger partial charge in [-0.1, -0.05) is 12.1 Å². The molecule has 0 fully saturated rings. The van der Waals surface area contributed by atoms with Gasteiger partial charge in [0, 0.05) is 42.7 Å². The van der Waals surface area contributed by atoms with Gasteiger partial charge in [-0.05, 0) is 42.3 Å². The van der Waals surface area contributed by atoms with Crippen LogP contribution in [-0.4, -0.2) is 40.7 Å². The zero-order valence-electron chi connectivity index (χ0n) is 16.4. The van der Waals surface area contributed by atoms with Crippen LogP contribution in [-0.2, 0) is 13.1 Å². The van der Waals surface area contributed by atoms with Crippen molar-refractivity contribution in [3.63, 3.8) is 0 Å². The van der Waals surface area contributed by atoms with Crippen LogP contribution in [0.5, 0.6) is 17.2 Å². The number of aromatic nitrogens is 2. The average Bonchev–Trinajstić information content (AvgIpc) is 2.92. The molecule has 29 heavy (non-hydrogen) atoms. The van der Waals surface area contributed by atoms with Gasteiger partial charge in [0.15, 0.2) is 11.5 Å². The second-order valence-electron chi connectivity index (χ2n) is 7.49. The fraction of sp³-hybridized carbons (Fsp3) is 0.304. The summed E-state index contributed by atoms with van der Waals surface area (Å²) in [6.45, 7) is 5.70. The molecule has 2 aromatic carbocycles. The fourth-order valence-electron chi connectivity index (χ4n) is 3.79. The average molecular weight is 389 g/mol. The Morgan fingerprint density at radius 1 is 0.897 bits per heavy atom. The standard InChI is InChI=1S/C23H23N3O3/c1-16-14-29-21-5-3-18(20-10-24-15-25-11-20)9-19(21)13-26(16)12-17-2-4-22-23(8-17)28-7-6-27-22/h2-5,8-11,15-16H,6-7,12-14H2,1H3/t16-/m1/s1. The van der Waals surface area contributed by atoms with Crippen molar-refractivity contribution in [3.8, 4) is 28.4 Å². The van der Waals surface area contributed by atoms with Gasteiger partial charge in [-0.15, -0.1) is 0 Å². The van der Waals surface area contributed by atoms with Gasteiger partial charge in [0.1, 0.15) is 31.9 Å². The molecule has 148 valence electrons. The third-order valence-electron chi connectivity index (χ3n) is 5.42. The maximum Gasteiger partial charge on any atom is 0.161 e. The van der Waals surface area contributed by atoms with Crippen LogP contribution < -0.4 is 14.2 Å². The first-order valence-corrected chi connectivity index (χ1v) is 9.90. The zero-order chi connectivity index (χ0) is 19.6. The van der Waals surface area contributed by atoms with Crippen molar-refractivity contribution in [1.82, 2.24) is 14.9 Å². The minimum Gasteiger partial charge on any atom is -0.492 e. The van der Waals surface area contributed by atoms with Crippen LogP contribution in [0.2, 0.25) is 0 Å².